The van der Waals surface area contributed by atoms with E-state index < -0.39 is 0 Å². The van der Waals surface area contributed by atoms with Crippen molar-refractivity contribution in [2.24, 2.45) is 5.73 Å². The lowest BCUT2D eigenvalue weighted by Crippen LogP contribution is -2.37. The summed E-state index contributed by atoms with van der Waals surface area (Å²) < 4.78 is 0. The zero-order chi connectivity index (χ0) is 13.7. The highest BCUT2D eigenvalue weighted by molar-refractivity contribution is 5.31. The average molecular weight is 262 g/mol. The maximum absolute atomic E-state index is 5.80. The van der Waals surface area contributed by atoms with Gasteiger partial charge >= 0.3 is 0 Å². The predicted molar refractivity (Wildman–Crippen MR) is 79.3 cm³/mol. The SMILES string of the molecule is CCN(c1ncc(CC(C)N)cn1)C1CCCCC1. The number of hydrogen-bond donors (Lipinski definition) is 1. The lowest BCUT2D eigenvalue weighted by molar-refractivity contribution is 0.414. The first kappa shape index (κ1) is 14.3. The minimum absolute atomic E-state index is 0.162. The van der Waals surface area contributed by atoms with Crippen molar-refractivity contribution in [1.29, 1.82) is 0 Å². The van der Waals surface area contributed by atoms with Crippen LogP contribution in [0.25, 0.3) is 0 Å². The number of nitrogens with two attached hydrogens (primary N) is 1. The molecule has 2 N–H and O–H groups in total. The molecule has 2 rings (SSSR count). The molecule has 1 aliphatic rings. The molecule has 1 unspecified atom stereocenters. The first-order chi connectivity index (χ1) is 9.20. The summed E-state index contributed by atoms with van der Waals surface area (Å²) in [5, 5.41) is 0. The molecule has 106 valence electrons. The smallest absolute Gasteiger partial charge is 0.225 e. The second kappa shape index (κ2) is 6.85. The largest absolute Gasteiger partial charge is 0.338 e. The molecule has 0 radical (unpaired) electrons. The van der Waals surface area contributed by atoms with Gasteiger partial charge in [0.2, 0.25) is 5.95 Å². The fourth-order valence-corrected chi connectivity index (χ4v) is 2.93. The van der Waals surface area contributed by atoms with Crippen LogP contribution in [0, 0.1) is 0 Å². The molecule has 0 amide bonds. The van der Waals surface area contributed by atoms with E-state index in [0.717, 1.165) is 24.5 Å². The minimum Gasteiger partial charge on any atom is -0.338 e. The number of nitrogens with zero attached hydrogens (tertiary/aromatic N) is 3. The molecular weight excluding hydrogens is 236 g/mol. The van der Waals surface area contributed by atoms with Gasteiger partial charge in [-0.1, -0.05) is 19.3 Å². The van der Waals surface area contributed by atoms with Gasteiger partial charge in [-0.2, -0.15) is 0 Å². The predicted octanol–water partition coefficient (Wildman–Crippen LogP) is 2.53. The van der Waals surface area contributed by atoms with Crippen molar-refractivity contribution in [3.63, 3.8) is 0 Å². The fourth-order valence-electron chi connectivity index (χ4n) is 2.93. The molecule has 1 aromatic rings. The Bertz CT molecular complexity index is 368. The lowest BCUT2D eigenvalue weighted by atomic mass is 9.94. The maximum atomic E-state index is 5.80. The molecule has 1 aromatic heterocycles. The van der Waals surface area contributed by atoms with Gasteiger partial charge in [0.15, 0.2) is 0 Å². The van der Waals surface area contributed by atoms with Crippen molar-refractivity contribution in [2.75, 3.05) is 11.4 Å². The molecule has 1 aliphatic carbocycles. The third-order valence-electron chi connectivity index (χ3n) is 3.86. The molecule has 1 heterocycles. The van der Waals surface area contributed by atoms with Gasteiger partial charge in [0, 0.05) is 31.0 Å². The van der Waals surface area contributed by atoms with Crippen LogP contribution >= 0.6 is 0 Å². The van der Waals surface area contributed by atoms with E-state index in [1.807, 2.05) is 19.3 Å². The first-order valence-electron chi connectivity index (χ1n) is 7.54. The molecule has 0 aromatic carbocycles. The van der Waals surface area contributed by atoms with E-state index in [4.69, 9.17) is 5.73 Å². The van der Waals surface area contributed by atoms with E-state index in [9.17, 15) is 0 Å². The normalized spacial score (nSPS) is 18.3. The number of rotatable bonds is 5. The van der Waals surface area contributed by atoms with Crippen LogP contribution in [0.15, 0.2) is 12.4 Å². The van der Waals surface area contributed by atoms with E-state index in [1.54, 1.807) is 0 Å². The van der Waals surface area contributed by atoms with Crippen molar-refractivity contribution in [3.8, 4) is 0 Å². The second-order valence-electron chi connectivity index (χ2n) is 5.65. The van der Waals surface area contributed by atoms with Gasteiger partial charge in [0.1, 0.15) is 0 Å². The zero-order valence-electron chi connectivity index (χ0n) is 12.2. The summed E-state index contributed by atoms with van der Waals surface area (Å²) in [7, 11) is 0. The maximum Gasteiger partial charge on any atom is 0.225 e. The highest BCUT2D eigenvalue weighted by atomic mass is 15.3. The number of hydrogen-bond acceptors (Lipinski definition) is 4. The Kier molecular flexibility index (Phi) is 5.14. The van der Waals surface area contributed by atoms with Gasteiger partial charge in [-0.25, -0.2) is 9.97 Å². The van der Waals surface area contributed by atoms with Crippen molar-refractivity contribution in [3.05, 3.63) is 18.0 Å². The van der Waals surface area contributed by atoms with Crippen molar-refractivity contribution >= 4 is 5.95 Å². The van der Waals surface area contributed by atoms with Crippen molar-refractivity contribution < 1.29 is 0 Å². The van der Waals surface area contributed by atoms with E-state index in [0.29, 0.717) is 6.04 Å². The number of anilines is 1. The van der Waals surface area contributed by atoms with Gasteiger partial charge in [-0.05, 0) is 38.7 Å². The topological polar surface area (TPSA) is 55.0 Å². The Morgan fingerprint density at radius 1 is 1.26 bits per heavy atom. The Balaban J connectivity index is 2.05. The van der Waals surface area contributed by atoms with Gasteiger partial charge in [-0.3, -0.25) is 0 Å². The highest BCUT2D eigenvalue weighted by Crippen LogP contribution is 2.25. The van der Waals surface area contributed by atoms with Crippen LogP contribution in [0.4, 0.5) is 5.95 Å². The van der Waals surface area contributed by atoms with Crippen LogP contribution < -0.4 is 10.6 Å². The van der Waals surface area contributed by atoms with Crippen LogP contribution in [0.3, 0.4) is 0 Å². The third-order valence-corrected chi connectivity index (χ3v) is 3.86. The number of aromatic nitrogens is 2. The first-order valence-corrected chi connectivity index (χ1v) is 7.54. The molecule has 4 nitrogen and oxygen atoms in total. The summed E-state index contributed by atoms with van der Waals surface area (Å²) in [6.45, 7) is 5.18. The minimum atomic E-state index is 0.162. The highest BCUT2D eigenvalue weighted by Gasteiger charge is 2.21. The van der Waals surface area contributed by atoms with Crippen LogP contribution in [0.1, 0.15) is 51.5 Å². The summed E-state index contributed by atoms with van der Waals surface area (Å²) in [6, 6.07) is 0.785. The molecule has 0 saturated heterocycles. The van der Waals surface area contributed by atoms with Crippen LogP contribution in [0.5, 0.6) is 0 Å². The lowest BCUT2D eigenvalue weighted by Gasteiger charge is -2.33. The summed E-state index contributed by atoms with van der Waals surface area (Å²) in [6.07, 6.45) is 11.3. The second-order valence-corrected chi connectivity index (χ2v) is 5.65. The quantitative estimate of drug-likeness (QED) is 0.886. The van der Waals surface area contributed by atoms with Gasteiger partial charge < -0.3 is 10.6 Å². The van der Waals surface area contributed by atoms with Crippen LogP contribution in [-0.2, 0) is 6.42 Å². The van der Waals surface area contributed by atoms with Gasteiger partial charge in [-0.15, -0.1) is 0 Å². The molecule has 0 spiro atoms. The fraction of sp³-hybridized carbons (Fsp3) is 0.733. The van der Waals surface area contributed by atoms with Gasteiger partial charge in [0.25, 0.3) is 0 Å². The Hall–Kier alpha value is -1.16. The molecule has 19 heavy (non-hydrogen) atoms. The molecule has 1 fully saturated rings. The summed E-state index contributed by atoms with van der Waals surface area (Å²) in [4.78, 5) is 11.4. The third kappa shape index (κ3) is 3.90. The van der Waals surface area contributed by atoms with E-state index in [2.05, 4.69) is 21.8 Å². The molecule has 4 heteroatoms. The summed E-state index contributed by atoms with van der Waals surface area (Å²) in [5.74, 6) is 0.878. The molecule has 0 aliphatic heterocycles. The Morgan fingerprint density at radius 3 is 2.42 bits per heavy atom. The van der Waals surface area contributed by atoms with E-state index in [1.165, 1.54) is 32.1 Å². The van der Waals surface area contributed by atoms with E-state index >= 15 is 0 Å². The van der Waals surface area contributed by atoms with E-state index in [-0.39, 0.29) is 6.04 Å². The molecule has 0 bridgehead atoms. The Morgan fingerprint density at radius 2 is 1.89 bits per heavy atom. The van der Waals surface area contributed by atoms with Crippen molar-refractivity contribution in [1.82, 2.24) is 9.97 Å². The van der Waals surface area contributed by atoms with Gasteiger partial charge in [0.05, 0.1) is 0 Å². The summed E-state index contributed by atoms with van der Waals surface area (Å²) >= 11 is 0. The molecule has 1 saturated carbocycles. The van der Waals surface area contributed by atoms with Crippen LogP contribution in [0.2, 0.25) is 0 Å². The molecular formula is C15H26N4. The average Bonchev–Trinajstić information content (AvgIpc) is 2.42. The summed E-state index contributed by atoms with van der Waals surface area (Å²) in [5.41, 5.74) is 6.92. The molecule has 1 atom stereocenters. The Labute approximate surface area is 116 Å². The monoisotopic (exact) mass is 262 g/mol. The zero-order valence-corrected chi connectivity index (χ0v) is 12.2. The van der Waals surface area contributed by atoms with Crippen LogP contribution in [-0.4, -0.2) is 28.6 Å². The van der Waals surface area contributed by atoms with Crippen molar-refractivity contribution in [2.45, 2.75) is 64.5 Å². The standard InChI is InChI=1S/C15H26N4/c1-3-19(14-7-5-4-6-8-14)15-17-10-13(11-18-15)9-12(2)16/h10-12,14H,3-9,16H2,1-2H3.